The van der Waals surface area contributed by atoms with E-state index in [4.69, 9.17) is 10.5 Å². The first-order valence-corrected chi connectivity index (χ1v) is 14.0. The van der Waals surface area contributed by atoms with Crippen molar-refractivity contribution in [2.75, 3.05) is 31.9 Å². The molecule has 1 unspecified atom stereocenters. The Hall–Kier alpha value is -4.51. The highest BCUT2D eigenvalue weighted by Crippen LogP contribution is 2.23. The van der Waals surface area contributed by atoms with E-state index in [2.05, 4.69) is 4.90 Å². The molecule has 2 aromatic carbocycles. The van der Waals surface area contributed by atoms with E-state index in [-0.39, 0.29) is 36.1 Å². The first kappa shape index (κ1) is 29.0. The third-order valence-corrected chi connectivity index (χ3v) is 7.96. The minimum atomic E-state index is -1.13. The Labute approximate surface area is 242 Å². The van der Waals surface area contributed by atoms with Crippen LogP contribution < -0.4 is 11.3 Å². The number of nitrogens with zero attached hydrogens (tertiary/aromatic N) is 3. The number of nitrogen functional groups attached to an aromatic ring is 1. The molecular weight excluding hydrogens is 543 g/mol. The van der Waals surface area contributed by atoms with E-state index >= 15 is 0 Å². The maximum Gasteiger partial charge on any atom is 0.408 e. The van der Waals surface area contributed by atoms with Gasteiger partial charge in [-0.05, 0) is 80.1 Å². The molecule has 0 spiro atoms. The normalized spacial score (nSPS) is 17.7. The number of aromatic nitrogens is 1. The van der Waals surface area contributed by atoms with Crippen LogP contribution in [0.15, 0.2) is 65.5 Å². The van der Waals surface area contributed by atoms with Gasteiger partial charge in [0, 0.05) is 37.8 Å². The van der Waals surface area contributed by atoms with E-state index < -0.39 is 35.3 Å². The fourth-order valence-electron chi connectivity index (χ4n) is 5.59. The summed E-state index contributed by atoms with van der Waals surface area (Å²) in [4.78, 5) is 53.5. The highest BCUT2D eigenvalue weighted by molar-refractivity contribution is 6.11. The Balaban J connectivity index is 1.25. The van der Waals surface area contributed by atoms with Crippen molar-refractivity contribution in [1.29, 1.82) is 0 Å². The average Bonchev–Trinajstić information content (AvgIpc) is 3.50. The summed E-state index contributed by atoms with van der Waals surface area (Å²) in [5.74, 6) is -1.39. The van der Waals surface area contributed by atoms with Crippen LogP contribution in [0.4, 0.5) is 15.0 Å². The second-order valence-corrected chi connectivity index (χ2v) is 10.7. The van der Waals surface area contributed by atoms with E-state index in [0.29, 0.717) is 25.2 Å². The second kappa shape index (κ2) is 12.6. The van der Waals surface area contributed by atoms with E-state index in [0.717, 1.165) is 31.2 Å². The number of pyridine rings is 1. The molecular formula is C31H33FN4O6. The standard InChI is InChI=1S/C31H33FN4O6/c32-22-9-7-21(8-10-22)28(38)25-13-14-27(37)36(29(25)33)23-11-5-20(6-12-23)15-16-34-17-18-35(31(40)41)26(19-34)30(39)42-24-3-1-2-4-24/h5-14,24,26H,1-4,15-19,33H2,(H,40,41). The summed E-state index contributed by atoms with van der Waals surface area (Å²) in [6.45, 7) is 1.58. The molecule has 1 aromatic heterocycles. The summed E-state index contributed by atoms with van der Waals surface area (Å²) in [6.07, 6.45) is 3.02. The lowest BCUT2D eigenvalue weighted by Gasteiger charge is -2.38. The Morgan fingerprint density at radius 2 is 1.64 bits per heavy atom. The molecule has 42 heavy (non-hydrogen) atoms. The molecule has 0 bridgehead atoms. The molecule has 2 aliphatic rings. The molecule has 1 aliphatic carbocycles. The van der Waals surface area contributed by atoms with Gasteiger partial charge in [0.25, 0.3) is 5.56 Å². The third-order valence-electron chi connectivity index (χ3n) is 7.96. The minimum Gasteiger partial charge on any atom is -0.465 e. The summed E-state index contributed by atoms with van der Waals surface area (Å²) >= 11 is 0. The van der Waals surface area contributed by atoms with Crippen molar-refractivity contribution >= 4 is 23.7 Å². The Bertz CT molecular complexity index is 1520. The summed E-state index contributed by atoms with van der Waals surface area (Å²) in [7, 11) is 0. The number of amides is 1. The summed E-state index contributed by atoms with van der Waals surface area (Å²) in [5.41, 5.74) is 7.71. The lowest BCUT2D eigenvalue weighted by Crippen LogP contribution is -2.58. The molecule has 3 aromatic rings. The van der Waals surface area contributed by atoms with Gasteiger partial charge < -0.3 is 15.6 Å². The summed E-state index contributed by atoms with van der Waals surface area (Å²) in [6, 6.07) is 14.1. The van der Waals surface area contributed by atoms with Crippen LogP contribution in [0.2, 0.25) is 0 Å². The number of benzene rings is 2. The molecule has 5 rings (SSSR count). The predicted octanol–water partition coefficient (Wildman–Crippen LogP) is 3.48. The highest BCUT2D eigenvalue weighted by Gasteiger charge is 2.37. The first-order valence-electron chi connectivity index (χ1n) is 14.0. The summed E-state index contributed by atoms with van der Waals surface area (Å²) in [5, 5.41) is 9.62. The van der Waals surface area contributed by atoms with E-state index in [1.807, 2.05) is 12.1 Å². The topological polar surface area (TPSA) is 135 Å². The third kappa shape index (κ3) is 6.36. The number of carbonyl (C=O) groups excluding carboxylic acids is 2. The van der Waals surface area contributed by atoms with Gasteiger partial charge in [-0.25, -0.2) is 14.0 Å². The number of ketones is 1. The van der Waals surface area contributed by atoms with E-state index in [1.165, 1.54) is 45.9 Å². The molecule has 1 amide bonds. The van der Waals surface area contributed by atoms with Gasteiger partial charge in [-0.15, -0.1) is 0 Å². The number of carbonyl (C=O) groups is 3. The highest BCUT2D eigenvalue weighted by atomic mass is 19.1. The van der Waals surface area contributed by atoms with Crippen molar-refractivity contribution in [3.05, 3.63) is 93.5 Å². The molecule has 0 radical (unpaired) electrons. The molecule has 1 aliphatic heterocycles. The fourth-order valence-corrected chi connectivity index (χ4v) is 5.59. The molecule has 2 heterocycles. The molecule has 2 fully saturated rings. The molecule has 220 valence electrons. The van der Waals surface area contributed by atoms with Crippen LogP contribution in [0, 0.1) is 5.82 Å². The van der Waals surface area contributed by atoms with Crippen molar-refractivity contribution in [3.63, 3.8) is 0 Å². The number of nitrogens with two attached hydrogens (primary N) is 1. The Morgan fingerprint density at radius 1 is 0.952 bits per heavy atom. The van der Waals surface area contributed by atoms with Gasteiger partial charge in [-0.3, -0.25) is 24.0 Å². The van der Waals surface area contributed by atoms with Crippen molar-refractivity contribution in [2.24, 2.45) is 0 Å². The number of piperazine rings is 1. The maximum atomic E-state index is 13.3. The predicted molar refractivity (Wildman–Crippen MR) is 153 cm³/mol. The second-order valence-electron chi connectivity index (χ2n) is 10.7. The number of esters is 1. The van der Waals surface area contributed by atoms with Crippen molar-refractivity contribution in [3.8, 4) is 5.69 Å². The van der Waals surface area contributed by atoms with Gasteiger partial charge >= 0.3 is 12.1 Å². The Morgan fingerprint density at radius 3 is 2.31 bits per heavy atom. The lowest BCUT2D eigenvalue weighted by atomic mass is 10.0. The zero-order valence-electron chi connectivity index (χ0n) is 23.1. The van der Waals surface area contributed by atoms with Gasteiger partial charge in [0.15, 0.2) is 5.78 Å². The van der Waals surface area contributed by atoms with Crippen LogP contribution in [-0.2, 0) is 16.0 Å². The molecule has 1 saturated carbocycles. The van der Waals surface area contributed by atoms with Gasteiger partial charge in [0.05, 0.1) is 11.3 Å². The molecule has 1 atom stereocenters. The smallest absolute Gasteiger partial charge is 0.408 e. The van der Waals surface area contributed by atoms with E-state index in [9.17, 15) is 28.7 Å². The SMILES string of the molecule is Nc1c(C(=O)c2ccc(F)cc2)ccc(=O)n1-c1ccc(CCN2CCN(C(=O)O)C(C(=O)OC3CCCC3)C2)cc1. The van der Waals surface area contributed by atoms with Crippen molar-refractivity contribution in [1.82, 2.24) is 14.4 Å². The van der Waals surface area contributed by atoms with Gasteiger partial charge in [-0.1, -0.05) is 12.1 Å². The zero-order chi connectivity index (χ0) is 29.8. The average molecular weight is 577 g/mol. The number of halogens is 1. The number of anilines is 1. The quantitative estimate of drug-likeness (QED) is 0.307. The zero-order valence-corrected chi connectivity index (χ0v) is 23.1. The number of ether oxygens (including phenoxy) is 1. The fraction of sp³-hybridized carbons (Fsp3) is 0.355. The van der Waals surface area contributed by atoms with Gasteiger partial charge in [0.1, 0.15) is 23.8 Å². The number of hydrogen-bond donors (Lipinski definition) is 2. The minimum absolute atomic E-state index is 0.0172. The largest absolute Gasteiger partial charge is 0.465 e. The van der Waals surface area contributed by atoms with Crippen molar-refractivity contribution in [2.45, 2.75) is 44.2 Å². The van der Waals surface area contributed by atoms with Crippen LogP contribution in [0.1, 0.15) is 47.2 Å². The lowest BCUT2D eigenvalue weighted by molar-refractivity contribution is -0.156. The molecule has 10 nitrogen and oxygen atoms in total. The van der Waals surface area contributed by atoms with Gasteiger partial charge in [0.2, 0.25) is 0 Å². The maximum absolute atomic E-state index is 13.3. The van der Waals surface area contributed by atoms with Crippen LogP contribution in [0.25, 0.3) is 5.69 Å². The van der Waals surface area contributed by atoms with Crippen LogP contribution in [0.5, 0.6) is 0 Å². The number of rotatable bonds is 8. The van der Waals surface area contributed by atoms with Crippen LogP contribution in [0.3, 0.4) is 0 Å². The van der Waals surface area contributed by atoms with Crippen LogP contribution >= 0.6 is 0 Å². The molecule has 3 N–H and O–H groups in total. The first-order chi connectivity index (χ1) is 20.2. The van der Waals surface area contributed by atoms with Gasteiger partial charge in [-0.2, -0.15) is 0 Å². The molecule has 1 saturated heterocycles. The summed E-state index contributed by atoms with van der Waals surface area (Å²) < 4.78 is 20.2. The number of hydrogen-bond acceptors (Lipinski definition) is 7. The Kier molecular flexibility index (Phi) is 8.67. The molecule has 11 heteroatoms. The van der Waals surface area contributed by atoms with Crippen molar-refractivity contribution < 1.29 is 28.6 Å². The monoisotopic (exact) mass is 576 g/mol. The van der Waals surface area contributed by atoms with Crippen LogP contribution in [-0.4, -0.2) is 75.6 Å². The number of carboxylic acid groups (broad SMARTS) is 1. The van der Waals surface area contributed by atoms with E-state index in [1.54, 1.807) is 12.1 Å².